The molecule has 0 saturated carbocycles. The molecule has 0 unspecified atom stereocenters. The van der Waals surface area contributed by atoms with Crippen molar-refractivity contribution in [2.45, 2.75) is 12.8 Å². The van der Waals surface area contributed by atoms with Crippen molar-refractivity contribution in [3.63, 3.8) is 0 Å². The first-order valence-electron chi connectivity index (χ1n) is 9.65. The van der Waals surface area contributed by atoms with E-state index < -0.39 is 0 Å². The van der Waals surface area contributed by atoms with Crippen LogP contribution in [-0.2, 0) is 17.6 Å². The number of nitrogens with one attached hydrogen (secondary N) is 2. The second-order valence-electron chi connectivity index (χ2n) is 6.77. The molecule has 8 heteroatoms. The molecule has 1 heterocycles. The van der Waals surface area contributed by atoms with Crippen LogP contribution in [0.4, 0.5) is 0 Å². The Balaban J connectivity index is 1.47. The van der Waals surface area contributed by atoms with Gasteiger partial charge in [0.05, 0.1) is 19.1 Å². The van der Waals surface area contributed by atoms with Gasteiger partial charge in [-0.15, -0.1) is 0 Å². The molecule has 0 aliphatic rings. The Morgan fingerprint density at radius 2 is 1.81 bits per heavy atom. The Labute approximate surface area is 184 Å². The van der Waals surface area contributed by atoms with Gasteiger partial charge in [0.25, 0.3) is 0 Å². The number of aromatic amines is 1. The number of aromatic hydroxyl groups is 1. The maximum absolute atomic E-state index is 12.1. The fraction of sp³-hybridized carbons (Fsp3) is 0.217. The van der Waals surface area contributed by atoms with Gasteiger partial charge in [-0.3, -0.25) is 14.6 Å². The molecule has 1 aromatic heterocycles. The van der Waals surface area contributed by atoms with E-state index in [2.05, 4.69) is 10.3 Å². The number of hydrogen-bond acceptors (Lipinski definition) is 6. The number of aromatic nitrogens is 1. The molecule has 0 aliphatic carbocycles. The first-order valence-corrected chi connectivity index (χ1v) is 10.5. The fourth-order valence-electron chi connectivity index (χ4n) is 3.00. The largest absolute Gasteiger partial charge is 0.494 e. The van der Waals surface area contributed by atoms with Gasteiger partial charge in [0, 0.05) is 19.0 Å². The molecule has 162 valence electrons. The first-order chi connectivity index (χ1) is 15.0. The van der Waals surface area contributed by atoms with Gasteiger partial charge in [0.1, 0.15) is 0 Å². The van der Waals surface area contributed by atoms with E-state index in [1.807, 2.05) is 30.3 Å². The third-order valence-electron chi connectivity index (χ3n) is 4.64. The van der Waals surface area contributed by atoms with Gasteiger partial charge < -0.3 is 19.9 Å². The summed E-state index contributed by atoms with van der Waals surface area (Å²) in [5.74, 6) is 0.998. The summed E-state index contributed by atoms with van der Waals surface area (Å²) < 4.78 is 10.5. The Kier molecular flexibility index (Phi) is 7.50. The molecule has 0 radical (unpaired) electrons. The number of amides is 1. The molecule has 0 spiro atoms. The summed E-state index contributed by atoms with van der Waals surface area (Å²) in [6.07, 6.45) is 4.39. The summed E-state index contributed by atoms with van der Waals surface area (Å²) in [6, 6.07) is 13.3. The summed E-state index contributed by atoms with van der Waals surface area (Å²) in [6.45, 7) is 0.509. The number of ether oxygens (including phenoxy) is 2. The van der Waals surface area contributed by atoms with Crippen LogP contribution in [0.3, 0.4) is 0 Å². The summed E-state index contributed by atoms with van der Waals surface area (Å²) in [7, 11) is 3.14. The van der Waals surface area contributed by atoms with Crippen LogP contribution in [0, 0.1) is 0 Å². The van der Waals surface area contributed by atoms with Gasteiger partial charge in [-0.25, -0.2) is 0 Å². The lowest BCUT2D eigenvalue weighted by molar-refractivity contribution is -0.116. The third kappa shape index (κ3) is 6.23. The molecule has 0 saturated heterocycles. The number of methoxy groups -OCH3 is 2. The average molecular weight is 441 g/mol. The lowest BCUT2D eigenvalue weighted by Gasteiger charge is -2.07. The maximum Gasteiger partial charge on any atom is 0.307 e. The molecule has 31 heavy (non-hydrogen) atoms. The number of rotatable bonds is 9. The van der Waals surface area contributed by atoms with E-state index in [1.54, 1.807) is 32.4 Å². The first kappa shape index (κ1) is 22.2. The number of benzene rings is 2. The number of carbonyl (C=O) groups excluding carboxylic acids is 1. The minimum atomic E-state index is -0.264. The zero-order valence-electron chi connectivity index (χ0n) is 17.3. The second kappa shape index (κ2) is 10.5. The summed E-state index contributed by atoms with van der Waals surface area (Å²) in [4.78, 5) is 26.1. The fourth-order valence-corrected chi connectivity index (χ4v) is 3.76. The summed E-state index contributed by atoms with van der Waals surface area (Å²) in [5, 5.41) is 12.5. The van der Waals surface area contributed by atoms with Gasteiger partial charge in [-0.05, 0) is 41.3 Å². The molecule has 3 N–H and O–H groups in total. The van der Waals surface area contributed by atoms with E-state index >= 15 is 0 Å². The maximum atomic E-state index is 12.1. The van der Waals surface area contributed by atoms with E-state index in [1.165, 1.54) is 6.08 Å². The van der Waals surface area contributed by atoms with Crippen LogP contribution >= 0.6 is 11.3 Å². The predicted molar refractivity (Wildman–Crippen MR) is 121 cm³/mol. The van der Waals surface area contributed by atoms with Crippen molar-refractivity contribution in [1.29, 1.82) is 0 Å². The van der Waals surface area contributed by atoms with Gasteiger partial charge >= 0.3 is 4.87 Å². The minimum Gasteiger partial charge on any atom is -0.494 e. The van der Waals surface area contributed by atoms with Crippen molar-refractivity contribution >= 4 is 23.3 Å². The van der Waals surface area contributed by atoms with E-state index in [0.29, 0.717) is 35.8 Å². The SMILES string of the molecule is COc1ccc(C=CC(=O)NCCc2ccc(Cc3sc(=O)[nH]c3O)cc2)cc1OC. The number of thiazole rings is 1. The van der Waals surface area contributed by atoms with Crippen LogP contribution in [0.1, 0.15) is 21.6 Å². The Bertz CT molecular complexity index is 1120. The highest BCUT2D eigenvalue weighted by Gasteiger charge is 2.08. The quantitative estimate of drug-likeness (QED) is 0.444. The highest BCUT2D eigenvalue weighted by Crippen LogP contribution is 2.28. The zero-order valence-corrected chi connectivity index (χ0v) is 18.1. The van der Waals surface area contributed by atoms with E-state index in [9.17, 15) is 14.7 Å². The molecule has 0 bridgehead atoms. The molecular formula is C23H24N2O5S. The molecule has 0 fully saturated rings. The Hall–Kier alpha value is -3.52. The monoisotopic (exact) mass is 440 g/mol. The van der Waals surface area contributed by atoms with Gasteiger partial charge in [-0.2, -0.15) is 0 Å². The third-order valence-corrected chi connectivity index (χ3v) is 5.51. The summed E-state index contributed by atoms with van der Waals surface area (Å²) in [5.41, 5.74) is 2.91. The molecular weight excluding hydrogens is 416 g/mol. The van der Waals surface area contributed by atoms with Gasteiger partial charge in [0.15, 0.2) is 11.5 Å². The molecule has 0 aliphatic heterocycles. The van der Waals surface area contributed by atoms with Crippen LogP contribution in [-0.4, -0.2) is 36.8 Å². The number of hydrogen-bond donors (Lipinski definition) is 3. The average Bonchev–Trinajstić information content (AvgIpc) is 3.09. The van der Waals surface area contributed by atoms with Crippen molar-refractivity contribution in [3.05, 3.63) is 79.8 Å². The van der Waals surface area contributed by atoms with E-state index in [-0.39, 0.29) is 16.7 Å². The van der Waals surface area contributed by atoms with Crippen LogP contribution in [0.5, 0.6) is 17.4 Å². The lowest BCUT2D eigenvalue weighted by atomic mass is 10.1. The van der Waals surface area contributed by atoms with Crippen molar-refractivity contribution in [1.82, 2.24) is 10.3 Å². The number of carbonyl (C=O) groups is 1. The normalized spacial score (nSPS) is 10.9. The predicted octanol–water partition coefficient (Wildman–Crippen LogP) is 3.12. The topological polar surface area (TPSA) is 101 Å². The molecule has 1 amide bonds. The minimum absolute atomic E-state index is 0.0667. The van der Waals surface area contributed by atoms with E-state index in [4.69, 9.17) is 9.47 Å². The standard InChI is InChI=1S/C23H24N2O5S/c1-29-18-9-7-16(13-19(18)30-2)8-10-21(26)24-12-11-15-3-5-17(6-4-15)14-20-22(27)25-23(28)31-20/h3-10,13,27H,11-12,14H2,1-2H3,(H,24,26)(H,25,28). The highest BCUT2D eigenvalue weighted by atomic mass is 32.1. The van der Waals surface area contributed by atoms with Crippen molar-refractivity contribution in [2.24, 2.45) is 0 Å². The summed E-state index contributed by atoms with van der Waals surface area (Å²) >= 11 is 1.01. The lowest BCUT2D eigenvalue weighted by Crippen LogP contribution is -2.23. The molecule has 7 nitrogen and oxygen atoms in total. The number of H-pyrrole nitrogens is 1. The molecule has 0 atom stereocenters. The van der Waals surface area contributed by atoms with Crippen molar-refractivity contribution < 1.29 is 19.4 Å². The van der Waals surface area contributed by atoms with Gasteiger partial charge in [-0.1, -0.05) is 41.7 Å². The molecule has 3 aromatic rings. The highest BCUT2D eigenvalue weighted by molar-refractivity contribution is 7.09. The smallest absolute Gasteiger partial charge is 0.307 e. The zero-order chi connectivity index (χ0) is 22.2. The Morgan fingerprint density at radius 1 is 1.10 bits per heavy atom. The van der Waals surface area contributed by atoms with Gasteiger partial charge in [0.2, 0.25) is 11.8 Å². The van der Waals surface area contributed by atoms with Crippen molar-refractivity contribution in [2.75, 3.05) is 20.8 Å². The van der Waals surface area contributed by atoms with E-state index in [0.717, 1.165) is 28.0 Å². The van der Waals surface area contributed by atoms with Crippen LogP contribution in [0.15, 0.2) is 53.3 Å². The molecule has 3 rings (SSSR count). The second-order valence-corrected chi connectivity index (χ2v) is 7.84. The van der Waals surface area contributed by atoms with Crippen LogP contribution in [0.2, 0.25) is 0 Å². The Morgan fingerprint density at radius 3 is 2.45 bits per heavy atom. The van der Waals surface area contributed by atoms with Crippen LogP contribution < -0.4 is 19.7 Å². The van der Waals surface area contributed by atoms with Crippen molar-refractivity contribution in [3.8, 4) is 17.4 Å². The molecule has 2 aromatic carbocycles. The van der Waals surface area contributed by atoms with Crippen LogP contribution in [0.25, 0.3) is 6.08 Å².